The molecule has 0 saturated carbocycles. The van der Waals surface area contributed by atoms with Crippen molar-refractivity contribution in [1.29, 1.82) is 0 Å². The number of nitrogens with one attached hydrogen (secondary N) is 1. The van der Waals surface area contributed by atoms with Crippen LogP contribution in [0.1, 0.15) is 0 Å². The molecule has 2 nitrogen and oxygen atoms in total. The van der Waals surface area contributed by atoms with Crippen LogP contribution in [-0.2, 0) is 0 Å². The first-order valence-corrected chi connectivity index (χ1v) is 6.70. The van der Waals surface area contributed by atoms with Crippen molar-refractivity contribution < 1.29 is 4.39 Å². The van der Waals surface area contributed by atoms with Gasteiger partial charge in [-0.2, -0.15) is 0 Å². The van der Waals surface area contributed by atoms with Gasteiger partial charge >= 0.3 is 0 Å². The second-order valence-corrected chi connectivity index (χ2v) is 5.64. The van der Waals surface area contributed by atoms with Gasteiger partial charge in [0, 0.05) is 8.04 Å². The molecule has 0 aliphatic heterocycles. The van der Waals surface area contributed by atoms with E-state index in [1.807, 2.05) is 18.2 Å². The molecule has 0 amide bonds. The first-order valence-electron chi connectivity index (χ1n) is 4.83. The summed E-state index contributed by atoms with van der Waals surface area (Å²) in [7, 11) is 0. The van der Waals surface area contributed by atoms with Crippen molar-refractivity contribution in [3.8, 4) is 0 Å². The highest BCUT2D eigenvalue weighted by molar-refractivity contribution is 14.1. The fourth-order valence-corrected chi connectivity index (χ4v) is 2.23. The summed E-state index contributed by atoms with van der Waals surface area (Å²) in [5.41, 5.74) is 7.55. The molecule has 2 rings (SSSR count). The van der Waals surface area contributed by atoms with E-state index in [0.717, 1.165) is 3.57 Å². The zero-order valence-corrected chi connectivity index (χ0v) is 12.4. The first kappa shape index (κ1) is 12.6. The Morgan fingerprint density at radius 3 is 2.47 bits per heavy atom. The number of nitrogens with two attached hydrogens (primary N) is 1. The van der Waals surface area contributed by atoms with E-state index in [2.05, 4.69) is 43.8 Å². The normalized spacial score (nSPS) is 10.3. The number of hydrogen-bond acceptors (Lipinski definition) is 2. The maximum Gasteiger partial charge on any atom is 0.147 e. The van der Waals surface area contributed by atoms with Gasteiger partial charge in [-0.05, 0) is 59.0 Å². The third-order valence-electron chi connectivity index (χ3n) is 2.21. The third kappa shape index (κ3) is 3.10. The van der Waals surface area contributed by atoms with Gasteiger partial charge < -0.3 is 11.1 Å². The van der Waals surface area contributed by atoms with E-state index in [1.165, 1.54) is 6.07 Å². The van der Waals surface area contributed by atoms with Gasteiger partial charge in [0.25, 0.3) is 0 Å². The lowest BCUT2D eigenvalue weighted by Crippen LogP contribution is -1.98. The Morgan fingerprint density at radius 2 is 1.82 bits per heavy atom. The number of nitrogen functional groups attached to an aromatic ring is 1. The highest BCUT2D eigenvalue weighted by Crippen LogP contribution is 2.27. The number of benzene rings is 2. The second-order valence-electron chi connectivity index (χ2n) is 3.48. The molecule has 0 saturated heterocycles. The Bertz CT molecular complexity index is 511. The Hall–Kier alpha value is -0.820. The second kappa shape index (κ2) is 5.22. The van der Waals surface area contributed by atoms with Crippen LogP contribution < -0.4 is 11.1 Å². The summed E-state index contributed by atoms with van der Waals surface area (Å²) in [5, 5.41) is 2.97. The third-order valence-corrected chi connectivity index (χ3v) is 3.38. The van der Waals surface area contributed by atoms with Gasteiger partial charge in [-0.25, -0.2) is 4.39 Å². The maximum atomic E-state index is 13.6. The quantitative estimate of drug-likeness (QED) is 0.568. The molecule has 0 aromatic heterocycles. The zero-order chi connectivity index (χ0) is 12.4. The van der Waals surface area contributed by atoms with Crippen LogP contribution in [0.2, 0.25) is 0 Å². The zero-order valence-electron chi connectivity index (χ0n) is 8.68. The summed E-state index contributed by atoms with van der Waals surface area (Å²) in [6, 6.07) is 10.4. The smallest absolute Gasteiger partial charge is 0.147 e. The lowest BCUT2D eigenvalue weighted by Gasteiger charge is -2.10. The standard InChI is InChI=1S/C12H9BrFIN2/c13-7-1-3-11(9(14)5-7)17-12-4-2-8(15)6-10(12)16/h1-6,17H,16H2. The number of rotatable bonds is 2. The van der Waals surface area contributed by atoms with Gasteiger partial charge in [0.15, 0.2) is 0 Å². The Kier molecular flexibility index (Phi) is 3.88. The van der Waals surface area contributed by atoms with E-state index in [1.54, 1.807) is 12.1 Å². The summed E-state index contributed by atoms with van der Waals surface area (Å²) in [6.45, 7) is 0. The molecule has 2 aromatic carbocycles. The van der Waals surface area contributed by atoms with Gasteiger partial charge in [0.05, 0.1) is 17.1 Å². The minimum atomic E-state index is -0.322. The Balaban J connectivity index is 2.31. The fraction of sp³-hybridized carbons (Fsp3) is 0. The molecule has 2 aromatic rings. The molecule has 0 spiro atoms. The van der Waals surface area contributed by atoms with E-state index in [0.29, 0.717) is 21.5 Å². The van der Waals surface area contributed by atoms with Crippen LogP contribution in [0.4, 0.5) is 21.5 Å². The molecule has 3 N–H and O–H groups in total. The Labute approximate surface area is 121 Å². The largest absolute Gasteiger partial charge is 0.397 e. The minimum absolute atomic E-state index is 0.322. The average Bonchev–Trinajstić information content (AvgIpc) is 2.25. The van der Waals surface area contributed by atoms with Crippen LogP contribution in [-0.4, -0.2) is 0 Å². The maximum absolute atomic E-state index is 13.6. The minimum Gasteiger partial charge on any atom is -0.397 e. The van der Waals surface area contributed by atoms with Gasteiger partial charge in [-0.3, -0.25) is 0 Å². The number of halogens is 3. The van der Waals surface area contributed by atoms with Gasteiger partial charge in [0.2, 0.25) is 0 Å². The van der Waals surface area contributed by atoms with Crippen LogP contribution in [0.5, 0.6) is 0 Å². The summed E-state index contributed by atoms with van der Waals surface area (Å²) in [6.07, 6.45) is 0. The lowest BCUT2D eigenvalue weighted by atomic mass is 10.2. The van der Waals surface area contributed by atoms with Gasteiger partial charge in [-0.15, -0.1) is 0 Å². The van der Waals surface area contributed by atoms with Crippen molar-refractivity contribution in [2.75, 3.05) is 11.1 Å². The molecule has 0 radical (unpaired) electrons. The Morgan fingerprint density at radius 1 is 1.12 bits per heavy atom. The predicted octanol–water partition coefficient (Wildman–Crippen LogP) is 4.52. The number of anilines is 3. The molecule has 0 heterocycles. The van der Waals surface area contributed by atoms with E-state index in [9.17, 15) is 4.39 Å². The molecule has 0 aliphatic carbocycles. The molecule has 0 aliphatic rings. The van der Waals surface area contributed by atoms with Crippen LogP contribution in [0, 0.1) is 9.39 Å². The molecule has 5 heteroatoms. The molecule has 0 bridgehead atoms. The van der Waals surface area contributed by atoms with E-state index >= 15 is 0 Å². The topological polar surface area (TPSA) is 38.0 Å². The first-order chi connectivity index (χ1) is 8.06. The van der Waals surface area contributed by atoms with Crippen LogP contribution >= 0.6 is 38.5 Å². The van der Waals surface area contributed by atoms with Crippen LogP contribution in [0.15, 0.2) is 40.9 Å². The van der Waals surface area contributed by atoms with E-state index < -0.39 is 0 Å². The fourth-order valence-electron chi connectivity index (χ4n) is 1.38. The van der Waals surface area contributed by atoms with Crippen molar-refractivity contribution in [3.05, 3.63) is 50.3 Å². The van der Waals surface area contributed by atoms with E-state index in [4.69, 9.17) is 5.73 Å². The van der Waals surface area contributed by atoms with Crippen molar-refractivity contribution in [2.24, 2.45) is 0 Å². The van der Waals surface area contributed by atoms with Crippen LogP contribution in [0.3, 0.4) is 0 Å². The summed E-state index contributed by atoms with van der Waals surface area (Å²) in [4.78, 5) is 0. The van der Waals surface area contributed by atoms with Crippen molar-refractivity contribution in [2.45, 2.75) is 0 Å². The summed E-state index contributed by atoms with van der Waals surface area (Å²) >= 11 is 5.39. The summed E-state index contributed by atoms with van der Waals surface area (Å²) < 4.78 is 15.4. The van der Waals surface area contributed by atoms with Crippen molar-refractivity contribution in [1.82, 2.24) is 0 Å². The molecule has 17 heavy (non-hydrogen) atoms. The monoisotopic (exact) mass is 406 g/mol. The SMILES string of the molecule is Nc1cc(I)ccc1Nc1ccc(Br)cc1F. The summed E-state index contributed by atoms with van der Waals surface area (Å²) in [5.74, 6) is -0.322. The highest BCUT2D eigenvalue weighted by Gasteiger charge is 2.05. The number of hydrogen-bond donors (Lipinski definition) is 2. The molecule has 88 valence electrons. The molecule has 0 unspecified atom stereocenters. The van der Waals surface area contributed by atoms with Crippen LogP contribution in [0.25, 0.3) is 0 Å². The molecular weight excluding hydrogens is 398 g/mol. The highest BCUT2D eigenvalue weighted by atomic mass is 127. The molecule has 0 atom stereocenters. The predicted molar refractivity (Wildman–Crippen MR) is 81.0 cm³/mol. The van der Waals surface area contributed by atoms with Gasteiger partial charge in [0.1, 0.15) is 5.82 Å². The van der Waals surface area contributed by atoms with Crippen molar-refractivity contribution in [3.63, 3.8) is 0 Å². The van der Waals surface area contributed by atoms with Gasteiger partial charge in [-0.1, -0.05) is 15.9 Å². The van der Waals surface area contributed by atoms with E-state index in [-0.39, 0.29) is 5.82 Å². The average molecular weight is 407 g/mol. The molecular formula is C12H9BrFIN2. The van der Waals surface area contributed by atoms with Crippen molar-refractivity contribution >= 4 is 55.6 Å². The molecule has 0 fully saturated rings. The lowest BCUT2D eigenvalue weighted by molar-refractivity contribution is 0.631.